The second-order valence-corrected chi connectivity index (χ2v) is 7.03. The molecule has 0 atom stereocenters. The van der Waals surface area contributed by atoms with Crippen LogP contribution >= 0.6 is 0 Å². The Kier molecular flexibility index (Phi) is 6.36. The number of hydrogen-bond acceptors (Lipinski definition) is 5. The van der Waals surface area contributed by atoms with Gasteiger partial charge < -0.3 is 15.4 Å². The quantitative estimate of drug-likeness (QED) is 0.435. The second-order valence-electron chi connectivity index (χ2n) is 7.03. The number of hydrogen-bond donors (Lipinski definition) is 2. The average molecular weight is 428 g/mol. The molecular formula is C25H21FN4O2. The van der Waals surface area contributed by atoms with Gasteiger partial charge in [-0.25, -0.2) is 4.39 Å². The number of anilines is 2. The first-order valence-electron chi connectivity index (χ1n) is 9.99. The molecule has 0 saturated carbocycles. The minimum atomic E-state index is -0.443. The molecule has 0 spiro atoms. The molecule has 0 bridgehead atoms. The van der Waals surface area contributed by atoms with Gasteiger partial charge in [0.05, 0.1) is 12.8 Å². The van der Waals surface area contributed by atoms with Crippen LogP contribution in [0.3, 0.4) is 0 Å². The number of aromatic nitrogens is 2. The van der Waals surface area contributed by atoms with Crippen molar-refractivity contribution in [1.82, 2.24) is 15.5 Å². The summed E-state index contributed by atoms with van der Waals surface area (Å²) in [4.78, 5) is 12.6. The van der Waals surface area contributed by atoms with E-state index in [1.54, 1.807) is 30.3 Å². The summed E-state index contributed by atoms with van der Waals surface area (Å²) in [5.74, 6) is 0.0201. The van der Waals surface area contributed by atoms with E-state index in [1.807, 2.05) is 48.5 Å². The Morgan fingerprint density at radius 1 is 0.938 bits per heavy atom. The van der Waals surface area contributed by atoms with Crippen LogP contribution in [0, 0.1) is 5.82 Å². The molecule has 0 aliphatic heterocycles. The predicted molar refractivity (Wildman–Crippen MR) is 121 cm³/mol. The van der Waals surface area contributed by atoms with Gasteiger partial charge in [-0.3, -0.25) is 4.79 Å². The van der Waals surface area contributed by atoms with Crippen LogP contribution in [-0.4, -0.2) is 23.2 Å². The maximum absolute atomic E-state index is 13.5. The van der Waals surface area contributed by atoms with Gasteiger partial charge in [0.2, 0.25) is 0 Å². The van der Waals surface area contributed by atoms with Crippen molar-refractivity contribution in [2.75, 3.05) is 12.4 Å². The van der Waals surface area contributed by atoms with Crippen LogP contribution in [0.15, 0.2) is 84.9 Å². The second kappa shape index (κ2) is 9.70. The number of methoxy groups -OCH3 is 1. The molecule has 3 aromatic carbocycles. The molecule has 0 aliphatic rings. The van der Waals surface area contributed by atoms with Crippen molar-refractivity contribution in [3.8, 4) is 17.0 Å². The molecule has 0 aliphatic carbocycles. The van der Waals surface area contributed by atoms with E-state index in [1.165, 1.54) is 13.2 Å². The van der Waals surface area contributed by atoms with E-state index in [-0.39, 0.29) is 18.2 Å². The zero-order valence-corrected chi connectivity index (χ0v) is 17.4. The van der Waals surface area contributed by atoms with E-state index in [2.05, 4.69) is 20.8 Å². The Morgan fingerprint density at radius 3 is 2.53 bits per heavy atom. The lowest BCUT2D eigenvalue weighted by molar-refractivity contribution is 0.0951. The highest BCUT2D eigenvalue weighted by molar-refractivity contribution is 5.95. The maximum Gasteiger partial charge on any atom is 0.251 e. The van der Waals surface area contributed by atoms with E-state index in [4.69, 9.17) is 4.74 Å². The molecule has 1 heterocycles. The zero-order valence-electron chi connectivity index (χ0n) is 17.4. The smallest absolute Gasteiger partial charge is 0.251 e. The van der Waals surface area contributed by atoms with Gasteiger partial charge in [0, 0.05) is 23.4 Å². The number of ether oxygens (including phenoxy) is 1. The van der Waals surface area contributed by atoms with Crippen molar-refractivity contribution in [3.63, 3.8) is 0 Å². The van der Waals surface area contributed by atoms with Gasteiger partial charge in [-0.1, -0.05) is 42.5 Å². The third-order valence-corrected chi connectivity index (χ3v) is 4.80. The fraction of sp³-hybridized carbons (Fsp3) is 0.0800. The molecule has 0 fully saturated rings. The number of amides is 1. The normalized spacial score (nSPS) is 10.4. The molecular weight excluding hydrogens is 407 g/mol. The number of rotatable bonds is 7. The third-order valence-electron chi connectivity index (χ3n) is 4.80. The Balaban J connectivity index is 1.40. The third kappa shape index (κ3) is 5.07. The van der Waals surface area contributed by atoms with Crippen LogP contribution in [0.5, 0.6) is 5.75 Å². The highest BCUT2D eigenvalue weighted by Gasteiger charge is 2.09. The molecule has 0 unspecified atom stereocenters. The molecule has 2 N–H and O–H groups in total. The molecule has 7 heteroatoms. The number of nitrogens with zero attached hydrogens (tertiary/aromatic N) is 2. The number of halogens is 1. The van der Waals surface area contributed by atoms with Gasteiger partial charge >= 0.3 is 0 Å². The molecule has 1 aromatic heterocycles. The van der Waals surface area contributed by atoms with E-state index in [0.29, 0.717) is 17.1 Å². The number of benzene rings is 3. The fourth-order valence-corrected chi connectivity index (χ4v) is 3.15. The van der Waals surface area contributed by atoms with Gasteiger partial charge in [0.1, 0.15) is 0 Å². The van der Waals surface area contributed by atoms with Crippen molar-refractivity contribution >= 4 is 17.4 Å². The van der Waals surface area contributed by atoms with Gasteiger partial charge in [0.15, 0.2) is 17.4 Å². The summed E-state index contributed by atoms with van der Waals surface area (Å²) in [5.41, 5.74) is 3.70. The molecule has 4 aromatic rings. The Hall–Kier alpha value is -4.26. The monoisotopic (exact) mass is 428 g/mol. The largest absolute Gasteiger partial charge is 0.494 e. The van der Waals surface area contributed by atoms with Crippen molar-refractivity contribution < 1.29 is 13.9 Å². The van der Waals surface area contributed by atoms with Crippen LogP contribution in [0.1, 0.15) is 15.9 Å². The van der Waals surface area contributed by atoms with Crippen LogP contribution < -0.4 is 15.4 Å². The zero-order chi connectivity index (χ0) is 22.3. The molecule has 0 radical (unpaired) electrons. The highest BCUT2D eigenvalue weighted by Crippen LogP contribution is 2.20. The summed E-state index contributed by atoms with van der Waals surface area (Å²) in [6.45, 7) is 0.250. The van der Waals surface area contributed by atoms with Crippen molar-refractivity contribution in [2.45, 2.75) is 6.54 Å². The van der Waals surface area contributed by atoms with Gasteiger partial charge in [-0.05, 0) is 48.0 Å². The van der Waals surface area contributed by atoms with Crippen LogP contribution in [0.2, 0.25) is 0 Å². The number of carbonyl (C=O) groups excluding carboxylic acids is 1. The Bertz CT molecular complexity index is 1210. The molecule has 32 heavy (non-hydrogen) atoms. The van der Waals surface area contributed by atoms with Crippen molar-refractivity contribution in [1.29, 1.82) is 0 Å². The molecule has 6 nitrogen and oxygen atoms in total. The van der Waals surface area contributed by atoms with Crippen molar-refractivity contribution in [2.24, 2.45) is 0 Å². The van der Waals surface area contributed by atoms with E-state index in [9.17, 15) is 9.18 Å². The molecule has 0 saturated heterocycles. The lowest BCUT2D eigenvalue weighted by atomic mass is 10.1. The van der Waals surface area contributed by atoms with Crippen LogP contribution in [0.4, 0.5) is 15.9 Å². The van der Waals surface area contributed by atoms with Crippen LogP contribution in [0.25, 0.3) is 11.3 Å². The summed E-state index contributed by atoms with van der Waals surface area (Å²) < 4.78 is 18.5. The SMILES string of the molecule is COc1cc(CNC(=O)c2cccc(Nc3ccc(-c4ccccc4)nn3)c2)ccc1F. The van der Waals surface area contributed by atoms with E-state index >= 15 is 0 Å². The first-order chi connectivity index (χ1) is 15.6. The maximum atomic E-state index is 13.5. The lowest BCUT2D eigenvalue weighted by Gasteiger charge is -2.10. The topological polar surface area (TPSA) is 76.1 Å². The first kappa shape index (κ1) is 21.0. The minimum Gasteiger partial charge on any atom is -0.494 e. The summed E-state index contributed by atoms with van der Waals surface area (Å²) >= 11 is 0. The van der Waals surface area contributed by atoms with Crippen molar-refractivity contribution in [3.05, 3.63) is 102 Å². The highest BCUT2D eigenvalue weighted by atomic mass is 19.1. The number of carbonyl (C=O) groups is 1. The number of nitrogens with one attached hydrogen (secondary N) is 2. The molecule has 160 valence electrons. The van der Waals surface area contributed by atoms with Gasteiger partial charge in [-0.15, -0.1) is 10.2 Å². The van der Waals surface area contributed by atoms with Crippen LogP contribution in [-0.2, 0) is 6.54 Å². The predicted octanol–water partition coefficient (Wildman–Crippen LogP) is 4.96. The molecule has 4 rings (SSSR count). The minimum absolute atomic E-state index is 0.141. The van der Waals surface area contributed by atoms with E-state index < -0.39 is 5.82 Å². The Morgan fingerprint density at radius 2 is 1.78 bits per heavy atom. The fourth-order valence-electron chi connectivity index (χ4n) is 3.15. The van der Waals surface area contributed by atoms with Gasteiger partial charge in [-0.2, -0.15) is 0 Å². The standard InChI is InChI=1S/C25H21FN4O2/c1-32-23-14-17(10-11-21(23)26)16-27-25(31)19-8-5-9-20(15-19)28-24-13-12-22(29-30-24)18-6-3-2-4-7-18/h2-15H,16H2,1H3,(H,27,31)(H,28,30). The van der Waals surface area contributed by atoms with E-state index in [0.717, 1.165) is 16.8 Å². The summed E-state index contributed by atoms with van der Waals surface area (Å²) in [5, 5.41) is 14.5. The lowest BCUT2D eigenvalue weighted by Crippen LogP contribution is -2.22. The first-order valence-corrected chi connectivity index (χ1v) is 9.99. The van der Waals surface area contributed by atoms with Gasteiger partial charge in [0.25, 0.3) is 5.91 Å². The molecule has 1 amide bonds. The summed E-state index contributed by atoms with van der Waals surface area (Å²) in [6, 6.07) is 25.1. The summed E-state index contributed by atoms with van der Waals surface area (Å²) in [6.07, 6.45) is 0. The average Bonchev–Trinajstić information content (AvgIpc) is 2.84. The Labute approximate surface area is 185 Å². The summed E-state index contributed by atoms with van der Waals surface area (Å²) in [7, 11) is 1.40.